The Morgan fingerprint density at radius 3 is 2.68 bits per heavy atom. The van der Waals surface area contributed by atoms with Crippen LogP contribution >= 0.6 is 9.47 Å². The van der Waals surface area contributed by atoms with E-state index in [0.717, 1.165) is 23.6 Å². The summed E-state index contributed by atoms with van der Waals surface area (Å²) in [5.41, 5.74) is 3.17. The van der Waals surface area contributed by atoms with Gasteiger partial charge in [-0.05, 0) is 68.2 Å². The van der Waals surface area contributed by atoms with E-state index in [-0.39, 0.29) is 6.04 Å². The normalized spacial score (nSPS) is 32.2. The molecule has 0 aromatic heterocycles. The molecular formula is C20H29N2O2P. The van der Waals surface area contributed by atoms with Crippen LogP contribution in [0.25, 0.3) is 0 Å². The number of allylic oxidation sites excluding steroid dienone is 4. The van der Waals surface area contributed by atoms with Crippen LogP contribution in [0.2, 0.25) is 0 Å². The average Bonchev–Trinajstić information content (AvgIpc) is 2.65. The first-order valence-electron chi connectivity index (χ1n) is 9.35. The highest BCUT2D eigenvalue weighted by Crippen LogP contribution is 2.35. The van der Waals surface area contributed by atoms with Crippen LogP contribution in [0.3, 0.4) is 0 Å². The smallest absolute Gasteiger partial charge is 0.118 e. The summed E-state index contributed by atoms with van der Waals surface area (Å²) >= 11 is 0. The molecule has 3 rings (SSSR count). The maximum absolute atomic E-state index is 9.37. The van der Waals surface area contributed by atoms with Gasteiger partial charge >= 0.3 is 0 Å². The first kappa shape index (κ1) is 18.4. The molecular weight excluding hydrogens is 331 g/mol. The fourth-order valence-electron chi connectivity index (χ4n) is 4.39. The minimum atomic E-state index is 0.0231. The summed E-state index contributed by atoms with van der Waals surface area (Å²) < 4.78 is 5.31. The van der Waals surface area contributed by atoms with Gasteiger partial charge in [-0.3, -0.25) is 4.99 Å². The second kappa shape index (κ2) is 8.31. The number of rotatable bonds is 4. The number of hydrogen-bond acceptors (Lipinski definition) is 4. The summed E-state index contributed by atoms with van der Waals surface area (Å²) in [5.74, 6) is 2.28. The summed E-state index contributed by atoms with van der Waals surface area (Å²) in [5, 5.41) is 12.9. The van der Waals surface area contributed by atoms with Gasteiger partial charge in [0.25, 0.3) is 0 Å². The number of nitrogens with zero attached hydrogens (tertiary/aromatic N) is 2. The summed E-state index contributed by atoms with van der Waals surface area (Å²) in [6.07, 6.45) is 15.4. The highest BCUT2D eigenvalue weighted by Gasteiger charge is 2.30. The molecule has 0 amide bonds. The highest BCUT2D eigenvalue weighted by molar-refractivity contribution is 7.10. The Hall–Kier alpha value is -1.41. The first-order chi connectivity index (χ1) is 12.1. The molecule has 1 saturated carbocycles. The molecule has 136 valence electrons. The average molecular weight is 360 g/mol. The minimum Gasteiger partial charge on any atom is -0.481 e. The lowest BCUT2D eigenvalue weighted by atomic mass is 9.78. The van der Waals surface area contributed by atoms with Gasteiger partial charge in [0.05, 0.1) is 15.5 Å². The molecule has 2 aliphatic carbocycles. The van der Waals surface area contributed by atoms with Crippen LogP contribution in [0.5, 0.6) is 0 Å². The standard InChI is InChI=1S/C20H29N2O2P/c1-13-10-17(24-25)11-14(2)18(13)12-16-8-9-19(22-23)20(21-16)15-6-4-3-5-7-15/h8-11,13,15,18,20,23H,3-7,12,25H2,1-2H3. The fraction of sp³-hybridized carbons (Fsp3) is 0.600. The quantitative estimate of drug-likeness (QED) is 0.432. The van der Waals surface area contributed by atoms with E-state index in [1.807, 2.05) is 12.2 Å². The lowest BCUT2D eigenvalue weighted by molar-refractivity contribution is 0.304. The zero-order valence-electron chi connectivity index (χ0n) is 15.2. The van der Waals surface area contributed by atoms with Gasteiger partial charge in [0.15, 0.2) is 0 Å². The Morgan fingerprint density at radius 1 is 1.28 bits per heavy atom. The molecule has 0 bridgehead atoms. The third kappa shape index (κ3) is 4.23. The van der Waals surface area contributed by atoms with Crippen molar-refractivity contribution in [1.82, 2.24) is 0 Å². The van der Waals surface area contributed by atoms with Gasteiger partial charge in [-0.1, -0.05) is 36.9 Å². The molecule has 1 aliphatic heterocycles. The summed E-state index contributed by atoms with van der Waals surface area (Å²) in [7, 11) is 2.32. The fourth-order valence-corrected chi connectivity index (χ4v) is 4.54. The van der Waals surface area contributed by atoms with E-state index in [2.05, 4.69) is 40.6 Å². The molecule has 0 aromatic carbocycles. The monoisotopic (exact) mass is 360 g/mol. The van der Waals surface area contributed by atoms with Gasteiger partial charge < -0.3 is 9.73 Å². The lowest BCUT2D eigenvalue weighted by Crippen LogP contribution is -2.32. The second-order valence-corrected chi connectivity index (χ2v) is 7.80. The van der Waals surface area contributed by atoms with Gasteiger partial charge in [0, 0.05) is 5.71 Å². The maximum Gasteiger partial charge on any atom is 0.118 e. The van der Waals surface area contributed by atoms with Crippen molar-refractivity contribution in [2.24, 2.45) is 27.9 Å². The Kier molecular flexibility index (Phi) is 6.11. The predicted octanol–water partition coefficient (Wildman–Crippen LogP) is 5.07. The van der Waals surface area contributed by atoms with Crippen LogP contribution in [-0.2, 0) is 4.52 Å². The molecule has 4 nitrogen and oxygen atoms in total. The van der Waals surface area contributed by atoms with Crippen LogP contribution in [0.1, 0.15) is 52.4 Å². The number of oxime groups is 1. The van der Waals surface area contributed by atoms with E-state index in [9.17, 15) is 5.21 Å². The van der Waals surface area contributed by atoms with Crippen molar-refractivity contribution in [3.05, 3.63) is 35.6 Å². The third-order valence-corrected chi connectivity index (χ3v) is 6.12. The zero-order chi connectivity index (χ0) is 17.8. The van der Waals surface area contributed by atoms with Crippen molar-refractivity contribution in [3.63, 3.8) is 0 Å². The number of dihydropyridines is 1. The molecule has 0 aromatic rings. The molecule has 0 spiro atoms. The molecule has 25 heavy (non-hydrogen) atoms. The van der Waals surface area contributed by atoms with Crippen molar-refractivity contribution in [2.75, 3.05) is 0 Å². The van der Waals surface area contributed by atoms with Crippen LogP contribution in [-0.4, -0.2) is 22.7 Å². The van der Waals surface area contributed by atoms with Crippen molar-refractivity contribution in [2.45, 2.75) is 58.4 Å². The summed E-state index contributed by atoms with van der Waals surface area (Å²) in [6.45, 7) is 4.40. The Labute approximate surface area is 153 Å². The Morgan fingerprint density at radius 2 is 2.04 bits per heavy atom. The second-order valence-electron chi connectivity index (χ2n) is 7.57. The van der Waals surface area contributed by atoms with E-state index < -0.39 is 0 Å². The summed E-state index contributed by atoms with van der Waals surface area (Å²) in [6, 6.07) is 0.0231. The van der Waals surface area contributed by atoms with Crippen molar-refractivity contribution >= 4 is 20.9 Å². The molecule has 4 unspecified atom stereocenters. The molecule has 0 radical (unpaired) electrons. The van der Waals surface area contributed by atoms with Crippen LogP contribution < -0.4 is 0 Å². The van der Waals surface area contributed by atoms with Gasteiger partial charge in [0.2, 0.25) is 0 Å². The predicted molar refractivity (Wildman–Crippen MR) is 106 cm³/mol. The minimum absolute atomic E-state index is 0.0231. The molecule has 0 saturated heterocycles. The maximum atomic E-state index is 9.37. The van der Waals surface area contributed by atoms with Crippen LogP contribution in [0.15, 0.2) is 45.8 Å². The van der Waals surface area contributed by atoms with Crippen LogP contribution in [0, 0.1) is 17.8 Å². The van der Waals surface area contributed by atoms with Crippen molar-refractivity contribution in [1.29, 1.82) is 0 Å². The number of aliphatic imine (C=N–C) groups is 1. The molecule has 5 heteroatoms. The molecule has 3 aliphatic rings. The van der Waals surface area contributed by atoms with E-state index in [0.29, 0.717) is 17.8 Å². The highest BCUT2D eigenvalue weighted by atomic mass is 31.0. The number of hydrogen-bond donors (Lipinski definition) is 1. The van der Waals surface area contributed by atoms with Gasteiger partial charge in [-0.2, -0.15) is 0 Å². The first-order valence-corrected chi connectivity index (χ1v) is 9.83. The largest absolute Gasteiger partial charge is 0.481 e. The van der Waals surface area contributed by atoms with E-state index >= 15 is 0 Å². The van der Waals surface area contributed by atoms with E-state index in [1.165, 1.54) is 37.7 Å². The lowest BCUT2D eigenvalue weighted by Gasteiger charge is -2.31. The Balaban J connectivity index is 1.76. The molecule has 1 fully saturated rings. The van der Waals surface area contributed by atoms with Gasteiger partial charge in [-0.25, -0.2) is 0 Å². The molecule has 4 atom stereocenters. The van der Waals surface area contributed by atoms with Crippen molar-refractivity contribution < 1.29 is 9.73 Å². The summed E-state index contributed by atoms with van der Waals surface area (Å²) in [4.78, 5) is 5.02. The molecule has 1 N–H and O–H groups in total. The zero-order valence-corrected chi connectivity index (χ0v) is 16.3. The van der Waals surface area contributed by atoms with Gasteiger partial charge in [-0.15, -0.1) is 0 Å². The van der Waals surface area contributed by atoms with E-state index in [1.54, 1.807) is 0 Å². The van der Waals surface area contributed by atoms with Crippen molar-refractivity contribution in [3.8, 4) is 0 Å². The van der Waals surface area contributed by atoms with Gasteiger partial charge in [0.1, 0.15) is 11.5 Å². The van der Waals surface area contributed by atoms with Crippen LogP contribution in [0.4, 0.5) is 0 Å². The SMILES string of the molecule is CC1=CC(OP)=CC(C)C1CC1=NC(C2CCCCC2)C(=NO)C=C1. The third-order valence-electron chi connectivity index (χ3n) is 5.85. The van der Waals surface area contributed by atoms with E-state index in [4.69, 9.17) is 9.52 Å². The molecule has 1 heterocycles. The Bertz CT molecular complexity index is 642. The topological polar surface area (TPSA) is 54.2 Å².